The second-order valence-electron chi connectivity index (χ2n) is 5.69. The van der Waals surface area contributed by atoms with E-state index in [-0.39, 0.29) is 23.4 Å². The molecule has 8 nitrogen and oxygen atoms in total. The lowest BCUT2D eigenvalue weighted by Crippen LogP contribution is -2.14. The van der Waals surface area contributed by atoms with Gasteiger partial charge in [0, 0.05) is 5.69 Å². The van der Waals surface area contributed by atoms with Crippen molar-refractivity contribution in [1.82, 2.24) is 0 Å². The summed E-state index contributed by atoms with van der Waals surface area (Å²) in [6, 6.07) is 11.0. The van der Waals surface area contributed by atoms with Crippen molar-refractivity contribution in [2.24, 2.45) is 0 Å². The van der Waals surface area contributed by atoms with Crippen molar-refractivity contribution in [3.8, 4) is 11.8 Å². The maximum atomic E-state index is 12.4. The molecule has 1 amide bonds. The number of nitriles is 1. The molecule has 0 heterocycles. The lowest BCUT2D eigenvalue weighted by molar-refractivity contribution is -0.142. The van der Waals surface area contributed by atoms with Crippen LogP contribution >= 0.6 is 45.2 Å². The van der Waals surface area contributed by atoms with E-state index in [1.807, 2.05) is 51.3 Å². The number of hydrogen-bond donors (Lipinski definition) is 2. The summed E-state index contributed by atoms with van der Waals surface area (Å²) < 4.78 is 11.4. The van der Waals surface area contributed by atoms with Gasteiger partial charge < -0.3 is 19.9 Å². The number of hydrogen-bond acceptors (Lipinski definition) is 6. The molecule has 0 aliphatic carbocycles. The summed E-state index contributed by atoms with van der Waals surface area (Å²) in [5.41, 5.74) is 0.699. The summed E-state index contributed by atoms with van der Waals surface area (Å²) in [7, 11) is 1.27. The summed E-state index contributed by atoms with van der Waals surface area (Å²) in [5.74, 6) is -1.81. The van der Waals surface area contributed by atoms with Gasteiger partial charge in [-0.05, 0) is 87.2 Å². The molecule has 2 aromatic rings. The lowest BCUT2D eigenvalue weighted by Gasteiger charge is -2.11. The molecule has 2 aromatic carbocycles. The summed E-state index contributed by atoms with van der Waals surface area (Å²) in [5, 5.41) is 20.9. The number of benzene rings is 2. The van der Waals surface area contributed by atoms with Crippen molar-refractivity contribution < 1.29 is 29.0 Å². The topological polar surface area (TPSA) is 126 Å². The van der Waals surface area contributed by atoms with Gasteiger partial charge in [-0.2, -0.15) is 5.26 Å². The van der Waals surface area contributed by atoms with Crippen LogP contribution in [0.1, 0.15) is 15.9 Å². The zero-order valence-corrected chi connectivity index (χ0v) is 19.8. The number of nitrogens with zero attached hydrogens (tertiary/aromatic N) is 1. The summed E-state index contributed by atoms with van der Waals surface area (Å²) in [6.07, 6.45) is 1.41. The molecule has 0 aromatic heterocycles. The third-order valence-electron chi connectivity index (χ3n) is 3.63. The molecule has 0 unspecified atom stereocenters. The first-order valence-electron chi connectivity index (χ1n) is 8.20. The molecule has 0 saturated heterocycles. The maximum absolute atomic E-state index is 12.4. The number of carbonyl (C=O) groups excluding carboxylic acids is 2. The van der Waals surface area contributed by atoms with Crippen LogP contribution in [0.25, 0.3) is 6.08 Å². The predicted molar refractivity (Wildman–Crippen MR) is 125 cm³/mol. The number of anilines is 1. The van der Waals surface area contributed by atoms with Gasteiger partial charge in [0.05, 0.1) is 19.8 Å². The molecule has 0 spiro atoms. The van der Waals surface area contributed by atoms with Gasteiger partial charge in [0.1, 0.15) is 17.4 Å². The van der Waals surface area contributed by atoms with Crippen LogP contribution in [0, 0.1) is 18.5 Å². The van der Waals surface area contributed by atoms with Gasteiger partial charge in [-0.3, -0.25) is 4.79 Å². The molecule has 0 fully saturated rings. The van der Waals surface area contributed by atoms with Crippen LogP contribution in [0.3, 0.4) is 0 Å². The Morgan fingerprint density at radius 2 is 1.87 bits per heavy atom. The number of amides is 1. The minimum Gasteiger partial charge on any atom is -0.480 e. The third kappa shape index (κ3) is 6.42. The van der Waals surface area contributed by atoms with Crippen LogP contribution in [0.2, 0.25) is 0 Å². The zero-order chi connectivity index (χ0) is 22.3. The first-order valence-corrected chi connectivity index (χ1v) is 10.4. The highest BCUT2D eigenvalue weighted by atomic mass is 127. The average molecular weight is 632 g/mol. The fourth-order valence-corrected chi connectivity index (χ4v) is 4.36. The average Bonchev–Trinajstić information content (AvgIpc) is 2.71. The van der Waals surface area contributed by atoms with Gasteiger partial charge in [-0.15, -0.1) is 0 Å². The Bertz CT molecular complexity index is 1050. The third-order valence-corrected chi connectivity index (χ3v) is 5.23. The van der Waals surface area contributed by atoms with Crippen LogP contribution in [-0.2, 0) is 14.3 Å². The van der Waals surface area contributed by atoms with Crippen molar-refractivity contribution in [3.63, 3.8) is 0 Å². The van der Waals surface area contributed by atoms with Crippen molar-refractivity contribution in [2.45, 2.75) is 0 Å². The second kappa shape index (κ2) is 10.9. The predicted octanol–water partition coefficient (Wildman–Crippen LogP) is 3.69. The molecular weight excluding hydrogens is 618 g/mol. The van der Waals surface area contributed by atoms with Crippen molar-refractivity contribution >= 4 is 74.8 Å². The number of halogens is 2. The number of ether oxygens (including phenoxy) is 2. The number of aromatic carboxylic acids is 1. The molecule has 0 aliphatic heterocycles. The fourth-order valence-electron chi connectivity index (χ4n) is 2.23. The van der Waals surface area contributed by atoms with E-state index >= 15 is 0 Å². The molecular formula is C20H14I2N2O6. The highest BCUT2D eigenvalue weighted by Crippen LogP contribution is 2.30. The maximum Gasteiger partial charge on any atom is 0.343 e. The van der Waals surface area contributed by atoms with Gasteiger partial charge in [0.15, 0.2) is 6.61 Å². The number of esters is 1. The number of carboxylic acid groups (broad SMARTS) is 1. The highest BCUT2D eigenvalue weighted by Gasteiger charge is 2.14. The van der Waals surface area contributed by atoms with E-state index in [1.54, 1.807) is 12.1 Å². The number of nitrogens with one attached hydrogen (secondary N) is 1. The Labute approximate surface area is 199 Å². The Hall–Kier alpha value is -2.66. The standard InChI is InChI=1S/C20H14I2N2O6/c1-29-17(25)10-30-18-15(21)6-11(7-16(18)22)5-13(9-23)19(26)24-14-4-2-3-12(8-14)20(27)28/h2-8H,10H2,1H3,(H,24,26)(H,27,28)/b13-5-. The normalized spacial score (nSPS) is 10.7. The molecule has 30 heavy (non-hydrogen) atoms. The van der Waals surface area contributed by atoms with E-state index in [2.05, 4.69) is 10.1 Å². The van der Waals surface area contributed by atoms with Crippen LogP contribution in [-0.4, -0.2) is 36.7 Å². The van der Waals surface area contributed by atoms with Gasteiger partial charge in [0.2, 0.25) is 0 Å². The summed E-state index contributed by atoms with van der Waals surface area (Å²) >= 11 is 4.05. The number of carbonyl (C=O) groups is 3. The Morgan fingerprint density at radius 1 is 1.20 bits per heavy atom. The Balaban J connectivity index is 2.24. The number of rotatable bonds is 7. The van der Waals surface area contributed by atoms with E-state index in [0.717, 1.165) is 0 Å². The first-order chi connectivity index (χ1) is 14.2. The lowest BCUT2D eigenvalue weighted by atomic mass is 10.1. The van der Waals surface area contributed by atoms with E-state index in [4.69, 9.17) is 9.84 Å². The van der Waals surface area contributed by atoms with Gasteiger partial charge >= 0.3 is 11.9 Å². The smallest absolute Gasteiger partial charge is 0.343 e. The first kappa shape index (κ1) is 23.6. The molecule has 154 valence electrons. The molecule has 0 aliphatic rings. The van der Waals surface area contributed by atoms with Crippen molar-refractivity contribution in [2.75, 3.05) is 19.0 Å². The van der Waals surface area contributed by atoms with Crippen LogP contribution in [0.4, 0.5) is 5.69 Å². The van der Waals surface area contributed by atoms with Crippen molar-refractivity contribution in [1.29, 1.82) is 5.26 Å². The molecule has 0 radical (unpaired) electrons. The number of methoxy groups -OCH3 is 1. The van der Waals surface area contributed by atoms with Gasteiger partial charge in [0.25, 0.3) is 5.91 Å². The van der Waals surface area contributed by atoms with Gasteiger partial charge in [-0.1, -0.05) is 6.07 Å². The molecule has 0 saturated carbocycles. The van der Waals surface area contributed by atoms with E-state index < -0.39 is 17.8 Å². The SMILES string of the molecule is COC(=O)COc1c(I)cc(/C=C(/C#N)C(=O)Nc2cccc(C(=O)O)c2)cc1I. The minimum atomic E-state index is -1.12. The molecule has 0 bridgehead atoms. The minimum absolute atomic E-state index is 0.0157. The van der Waals surface area contributed by atoms with Crippen LogP contribution in [0.5, 0.6) is 5.75 Å². The molecule has 0 atom stereocenters. The van der Waals surface area contributed by atoms with Crippen molar-refractivity contribution in [3.05, 3.63) is 60.2 Å². The zero-order valence-electron chi connectivity index (χ0n) is 15.4. The van der Waals surface area contributed by atoms with Crippen LogP contribution < -0.4 is 10.1 Å². The van der Waals surface area contributed by atoms with Crippen LogP contribution in [0.15, 0.2) is 42.0 Å². The number of carboxylic acids is 1. The Kier molecular flexibility index (Phi) is 8.60. The van der Waals surface area contributed by atoms with E-state index in [0.29, 0.717) is 18.5 Å². The molecule has 10 heteroatoms. The molecule has 2 rings (SSSR count). The van der Waals surface area contributed by atoms with E-state index in [9.17, 15) is 19.6 Å². The second-order valence-corrected chi connectivity index (χ2v) is 8.01. The summed E-state index contributed by atoms with van der Waals surface area (Å²) in [6.45, 7) is -0.237. The Morgan fingerprint density at radius 3 is 2.43 bits per heavy atom. The fraction of sp³-hybridized carbons (Fsp3) is 0.100. The van der Waals surface area contributed by atoms with E-state index in [1.165, 1.54) is 37.5 Å². The monoisotopic (exact) mass is 632 g/mol. The van der Waals surface area contributed by atoms with Gasteiger partial charge in [-0.25, -0.2) is 9.59 Å². The molecule has 2 N–H and O–H groups in total. The quantitative estimate of drug-likeness (QED) is 0.207. The highest BCUT2D eigenvalue weighted by molar-refractivity contribution is 14.1. The largest absolute Gasteiger partial charge is 0.480 e. The summed E-state index contributed by atoms with van der Waals surface area (Å²) in [4.78, 5) is 34.8.